The predicted molar refractivity (Wildman–Crippen MR) is 88.7 cm³/mol. The van der Waals surface area contributed by atoms with Crippen molar-refractivity contribution in [3.8, 4) is 0 Å². The molecule has 2 aliphatic carbocycles. The second kappa shape index (κ2) is 6.29. The van der Waals surface area contributed by atoms with Crippen LogP contribution in [0.25, 0.3) is 0 Å². The van der Waals surface area contributed by atoms with Gasteiger partial charge in [-0.25, -0.2) is 0 Å². The van der Waals surface area contributed by atoms with Gasteiger partial charge in [0.05, 0.1) is 25.0 Å². The molecule has 0 heterocycles. The third-order valence-corrected chi connectivity index (χ3v) is 6.69. The molecule has 1 fully saturated rings. The van der Waals surface area contributed by atoms with Crippen LogP contribution in [-0.4, -0.2) is 26.2 Å². The summed E-state index contributed by atoms with van der Waals surface area (Å²) in [6.45, 7) is 8.30. The van der Waals surface area contributed by atoms with E-state index in [9.17, 15) is 9.59 Å². The average molecular weight is 322 g/mol. The quantitative estimate of drug-likeness (QED) is 0.550. The summed E-state index contributed by atoms with van der Waals surface area (Å²) in [5, 5.41) is 0. The Balaban J connectivity index is 2.79. The Bertz CT molecular complexity index is 489. The van der Waals surface area contributed by atoms with Crippen molar-refractivity contribution in [3.63, 3.8) is 0 Å². The van der Waals surface area contributed by atoms with Crippen molar-refractivity contribution in [1.29, 1.82) is 0 Å². The number of methoxy groups -OCH3 is 2. The number of allylic oxidation sites excluding steroid dienone is 2. The van der Waals surface area contributed by atoms with Crippen LogP contribution in [0.15, 0.2) is 11.1 Å². The highest BCUT2D eigenvalue weighted by Crippen LogP contribution is 2.72. The monoisotopic (exact) mass is 322 g/mol. The number of fused-ring (bicyclic) bond motifs is 2. The van der Waals surface area contributed by atoms with Gasteiger partial charge in [-0.05, 0) is 43.9 Å². The normalized spacial score (nSPS) is 35.6. The first-order valence-electron chi connectivity index (χ1n) is 8.85. The molecule has 0 spiro atoms. The lowest BCUT2D eigenvalue weighted by Gasteiger charge is -2.50. The molecule has 4 nitrogen and oxygen atoms in total. The molecule has 23 heavy (non-hydrogen) atoms. The molecule has 0 aromatic heterocycles. The Morgan fingerprint density at radius 1 is 0.870 bits per heavy atom. The summed E-state index contributed by atoms with van der Waals surface area (Å²) in [6.07, 6.45) is 3.95. The lowest BCUT2D eigenvalue weighted by Crippen LogP contribution is -2.57. The highest BCUT2D eigenvalue weighted by molar-refractivity contribution is 5.91. The van der Waals surface area contributed by atoms with Gasteiger partial charge in [0.25, 0.3) is 0 Å². The van der Waals surface area contributed by atoms with E-state index >= 15 is 0 Å². The van der Waals surface area contributed by atoms with Crippen LogP contribution in [0.5, 0.6) is 0 Å². The van der Waals surface area contributed by atoms with Gasteiger partial charge in [-0.2, -0.15) is 0 Å². The first-order valence-corrected chi connectivity index (χ1v) is 8.85. The summed E-state index contributed by atoms with van der Waals surface area (Å²) >= 11 is 0. The van der Waals surface area contributed by atoms with E-state index < -0.39 is 10.8 Å². The Kier molecular flexibility index (Phi) is 4.93. The topological polar surface area (TPSA) is 52.6 Å². The van der Waals surface area contributed by atoms with Crippen molar-refractivity contribution >= 4 is 11.9 Å². The SMILES string of the molecule is CCC1=C(CC)[C@@H]2C[C@@H]1C(CC)(C(=O)OC)C2(CC)C(=O)OC. The second-order valence-electron chi connectivity index (χ2n) is 6.73. The summed E-state index contributed by atoms with van der Waals surface area (Å²) in [5.41, 5.74) is 1.16. The molecular formula is C19H30O4. The molecule has 0 aromatic carbocycles. The largest absolute Gasteiger partial charge is 0.469 e. The number of carbonyl (C=O) groups is 2. The fourth-order valence-corrected chi connectivity index (χ4v) is 5.96. The summed E-state index contributed by atoms with van der Waals surface area (Å²) in [6, 6.07) is 0. The van der Waals surface area contributed by atoms with E-state index in [0.717, 1.165) is 19.3 Å². The van der Waals surface area contributed by atoms with Gasteiger partial charge in [0.15, 0.2) is 0 Å². The molecule has 1 saturated carbocycles. The molecule has 0 saturated heterocycles. The maximum absolute atomic E-state index is 13.0. The van der Waals surface area contributed by atoms with Crippen molar-refractivity contribution in [2.45, 2.75) is 59.8 Å². The zero-order valence-electron chi connectivity index (χ0n) is 15.3. The minimum absolute atomic E-state index is 0.101. The Hall–Kier alpha value is -1.32. The first-order chi connectivity index (χ1) is 11.0. The van der Waals surface area contributed by atoms with Crippen LogP contribution >= 0.6 is 0 Å². The van der Waals surface area contributed by atoms with E-state index in [1.165, 1.54) is 25.4 Å². The van der Waals surface area contributed by atoms with Gasteiger partial charge < -0.3 is 9.47 Å². The fraction of sp³-hybridized carbons (Fsp3) is 0.789. The Labute approximate surface area is 139 Å². The number of hydrogen-bond donors (Lipinski definition) is 0. The zero-order valence-corrected chi connectivity index (χ0v) is 15.3. The molecule has 4 atom stereocenters. The van der Waals surface area contributed by atoms with E-state index in [-0.39, 0.29) is 23.8 Å². The van der Waals surface area contributed by atoms with Crippen LogP contribution in [-0.2, 0) is 19.1 Å². The van der Waals surface area contributed by atoms with Gasteiger partial charge in [0.2, 0.25) is 0 Å². The van der Waals surface area contributed by atoms with E-state index in [4.69, 9.17) is 9.47 Å². The van der Waals surface area contributed by atoms with E-state index in [1.807, 2.05) is 13.8 Å². The molecule has 0 radical (unpaired) electrons. The standard InChI is InChI=1S/C19H30O4/c1-7-12-13(8-2)15-11-14(12)18(9-3,16(20)22-5)19(15,10-4)17(21)23-6/h14-15H,7-11H2,1-6H3/t14-,15-,18?,19?/m0/s1. The molecule has 2 rings (SSSR count). The first kappa shape index (κ1) is 18.0. The van der Waals surface area contributed by atoms with Crippen LogP contribution in [0.4, 0.5) is 0 Å². The molecule has 0 aromatic rings. The average Bonchev–Trinajstić information content (AvgIpc) is 3.10. The predicted octanol–water partition coefficient (Wildman–Crippen LogP) is 3.89. The molecule has 2 unspecified atom stereocenters. The zero-order chi connectivity index (χ0) is 17.4. The molecule has 0 aliphatic heterocycles. The lowest BCUT2D eigenvalue weighted by molar-refractivity contribution is -0.182. The number of ether oxygens (including phenoxy) is 2. The summed E-state index contributed by atoms with van der Waals surface area (Å²) in [5.74, 6) is -0.297. The lowest BCUT2D eigenvalue weighted by atomic mass is 9.52. The molecule has 2 aliphatic rings. The molecule has 4 heteroatoms. The van der Waals surface area contributed by atoms with Crippen LogP contribution < -0.4 is 0 Å². The number of hydrogen-bond acceptors (Lipinski definition) is 4. The Morgan fingerprint density at radius 2 is 1.22 bits per heavy atom. The summed E-state index contributed by atoms with van der Waals surface area (Å²) in [4.78, 5) is 25.9. The number of carbonyl (C=O) groups excluding carboxylic acids is 2. The molecule has 130 valence electrons. The third-order valence-electron chi connectivity index (χ3n) is 6.69. The third kappa shape index (κ3) is 1.90. The maximum atomic E-state index is 13.0. The van der Waals surface area contributed by atoms with Crippen LogP contribution in [0, 0.1) is 22.7 Å². The Morgan fingerprint density at radius 3 is 1.43 bits per heavy atom. The van der Waals surface area contributed by atoms with E-state index in [2.05, 4.69) is 13.8 Å². The fourth-order valence-electron chi connectivity index (χ4n) is 5.96. The van der Waals surface area contributed by atoms with Crippen molar-refractivity contribution < 1.29 is 19.1 Å². The highest BCUT2D eigenvalue weighted by atomic mass is 16.5. The van der Waals surface area contributed by atoms with Gasteiger partial charge in [-0.1, -0.05) is 38.8 Å². The van der Waals surface area contributed by atoms with Crippen LogP contribution in [0.3, 0.4) is 0 Å². The number of rotatable bonds is 6. The smallest absolute Gasteiger partial charge is 0.313 e. The maximum Gasteiger partial charge on any atom is 0.313 e. The molecule has 0 amide bonds. The molecular weight excluding hydrogens is 292 g/mol. The van der Waals surface area contributed by atoms with Crippen molar-refractivity contribution in [2.75, 3.05) is 14.2 Å². The van der Waals surface area contributed by atoms with Gasteiger partial charge >= 0.3 is 11.9 Å². The highest BCUT2D eigenvalue weighted by Gasteiger charge is 2.75. The van der Waals surface area contributed by atoms with Crippen molar-refractivity contribution in [2.24, 2.45) is 22.7 Å². The van der Waals surface area contributed by atoms with Crippen LogP contribution in [0.1, 0.15) is 59.8 Å². The van der Waals surface area contributed by atoms with Crippen molar-refractivity contribution in [3.05, 3.63) is 11.1 Å². The van der Waals surface area contributed by atoms with Gasteiger partial charge in [0, 0.05) is 0 Å². The minimum atomic E-state index is -0.793. The van der Waals surface area contributed by atoms with Gasteiger partial charge in [-0.15, -0.1) is 0 Å². The molecule has 2 bridgehead atoms. The van der Waals surface area contributed by atoms with E-state index in [0.29, 0.717) is 12.8 Å². The molecule has 0 N–H and O–H groups in total. The van der Waals surface area contributed by atoms with E-state index in [1.54, 1.807) is 0 Å². The van der Waals surface area contributed by atoms with Crippen molar-refractivity contribution in [1.82, 2.24) is 0 Å². The minimum Gasteiger partial charge on any atom is -0.469 e. The van der Waals surface area contributed by atoms with Gasteiger partial charge in [-0.3, -0.25) is 9.59 Å². The summed E-state index contributed by atoms with van der Waals surface area (Å²) in [7, 11) is 2.86. The van der Waals surface area contributed by atoms with Crippen LogP contribution in [0.2, 0.25) is 0 Å². The van der Waals surface area contributed by atoms with Gasteiger partial charge in [0.1, 0.15) is 0 Å². The number of esters is 2. The summed E-state index contributed by atoms with van der Waals surface area (Å²) < 4.78 is 10.5. The second-order valence-corrected chi connectivity index (χ2v) is 6.73.